The lowest BCUT2D eigenvalue weighted by Crippen LogP contribution is -2.31. The first kappa shape index (κ1) is 11.3. The molecule has 1 aromatic rings. The number of rotatable bonds is 1. The van der Waals surface area contributed by atoms with Gasteiger partial charge in [0.25, 0.3) is 0 Å². The van der Waals surface area contributed by atoms with Gasteiger partial charge in [-0.25, -0.2) is 0 Å². The Bertz CT molecular complexity index is 354. The van der Waals surface area contributed by atoms with Crippen molar-refractivity contribution in [2.24, 2.45) is 0 Å². The van der Waals surface area contributed by atoms with Crippen LogP contribution in [0.2, 0.25) is 0 Å². The van der Waals surface area contributed by atoms with Gasteiger partial charge in [-0.3, -0.25) is 0 Å². The van der Waals surface area contributed by atoms with Crippen molar-refractivity contribution in [1.29, 1.82) is 0 Å². The van der Waals surface area contributed by atoms with E-state index in [1.807, 2.05) is 4.90 Å². The Morgan fingerprint density at radius 2 is 1.62 bits per heavy atom. The summed E-state index contributed by atoms with van der Waals surface area (Å²) in [6.45, 7) is 1.35. The summed E-state index contributed by atoms with van der Waals surface area (Å²) in [5, 5.41) is 0. The highest BCUT2D eigenvalue weighted by molar-refractivity contribution is 5.55. The second-order valence-corrected chi connectivity index (χ2v) is 3.87. The predicted octanol–water partition coefficient (Wildman–Crippen LogP) is 3.51. The fourth-order valence-corrected chi connectivity index (χ4v) is 1.98. The van der Waals surface area contributed by atoms with Gasteiger partial charge in [0.05, 0.1) is 5.56 Å². The van der Waals surface area contributed by atoms with Crippen molar-refractivity contribution in [1.82, 2.24) is 0 Å². The van der Waals surface area contributed by atoms with E-state index in [1.165, 1.54) is 6.07 Å². The van der Waals surface area contributed by atoms with E-state index in [-0.39, 0.29) is 0 Å². The Labute approximate surface area is 92.9 Å². The molecule has 1 aliphatic rings. The molecule has 0 aromatic heterocycles. The van der Waals surface area contributed by atoms with Crippen LogP contribution >= 0.6 is 0 Å². The third-order valence-electron chi connectivity index (χ3n) is 2.76. The van der Waals surface area contributed by atoms with E-state index < -0.39 is 11.7 Å². The SMILES string of the molecule is FC(F)(F)c1ccccc1N1CC[CH]CC1. The second-order valence-electron chi connectivity index (χ2n) is 3.87. The van der Waals surface area contributed by atoms with Crippen LogP contribution in [0.25, 0.3) is 0 Å². The lowest BCUT2D eigenvalue weighted by Gasteiger charge is -2.30. The molecule has 0 N–H and O–H groups in total. The zero-order chi connectivity index (χ0) is 11.6. The van der Waals surface area contributed by atoms with Crippen molar-refractivity contribution in [2.45, 2.75) is 19.0 Å². The Morgan fingerprint density at radius 1 is 1.00 bits per heavy atom. The zero-order valence-corrected chi connectivity index (χ0v) is 8.80. The van der Waals surface area contributed by atoms with Crippen LogP contribution in [0.5, 0.6) is 0 Å². The summed E-state index contributed by atoms with van der Waals surface area (Å²) < 4.78 is 38.3. The van der Waals surface area contributed by atoms with Crippen LogP contribution in [0.1, 0.15) is 18.4 Å². The highest BCUT2D eigenvalue weighted by Crippen LogP contribution is 2.37. The van der Waals surface area contributed by atoms with Crippen LogP contribution < -0.4 is 4.90 Å². The first-order chi connectivity index (χ1) is 7.59. The Balaban J connectivity index is 2.32. The van der Waals surface area contributed by atoms with E-state index in [2.05, 4.69) is 6.42 Å². The van der Waals surface area contributed by atoms with Crippen LogP contribution in [0, 0.1) is 6.42 Å². The molecule has 87 valence electrons. The first-order valence-corrected chi connectivity index (χ1v) is 5.32. The second kappa shape index (κ2) is 4.36. The Kier molecular flexibility index (Phi) is 3.08. The number of benzene rings is 1. The largest absolute Gasteiger partial charge is 0.418 e. The standard InChI is InChI=1S/C12H13F3N/c13-12(14,15)10-6-2-3-7-11(10)16-8-4-1-5-9-16/h1-3,6-7H,4-5,8-9H2. The van der Waals surface area contributed by atoms with Crippen molar-refractivity contribution >= 4 is 5.69 Å². The molecule has 1 heterocycles. The molecule has 1 aliphatic heterocycles. The van der Waals surface area contributed by atoms with Crippen LogP contribution in [0.3, 0.4) is 0 Å². The molecule has 0 bridgehead atoms. The molecule has 1 fully saturated rings. The summed E-state index contributed by atoms with van der Waals surface area (Å²) in [7, 11) is 0. The summed E-state index contributed by atoms with van der Waals surface area (Å²) in [6, 6.07) is 5.78. The van der Waals surface area contributed by atoms with Crippen molar-refractivity contribution in [3.8, 4) is 0 Å². The van der Waals surface area contributed by atoms with E-state index in [4.69, 9.17) is 0 Å². The van der Waals surface area contributed by atoms with E-state index in [0.29, 0.717) is 18.8 Å². The number of hydrogen-bond acceptors (Lipinski definition) is 1. The molecular weight excluding hydrogens is 215 g/mol. The first-order valence-electron chi connectivity index (χ1n) is 5.32. The lowest BCUT2D eigenvalue weighted by molar-refractivity contribution is -0.137. The molecule has 0 aliphatic carbocycles. The van der Waals surface area contributed by atoms with Gasteiger partial charge in [0.2, 0.25) is 0 Å². The monoisotopic (exact) mass is 228 g/mol. The number of anilines is 1. The maximum Gasteiger partial charge on any atom is 0.418 e. The maximum absolute atomic E-state index is 12.8. The highest BCUT2D eigenvalue weighted by Gasteiger charge is 2.34. The van der Waals surface area contributed by atoms with Crippen molar-refractivity contribution in [3.63, 3.8) is 0 Å². The molecule has 2 rings (SSSR count). The van der Waals surface area contributed by atoms with Gasteiger partial charge < -0.3 is 4.90 Å². The lowest BCUT2D eigenvalue weighted by atomic mass is 10.1. The summed E-state index contributed by atoms with van der Waals surface area (Å²) >= 11 is 0. The van der Waals surface area contributed by atoms with Gasteiger partial charge in [0, 0.05) is 18.8 Å². The third-order valence-corrected chi connectivity index (χ3v) is 2.76. The van der Waals surface area contributed by atoms with Gasteiger partial charge in [-0.15, -0.1) is 0 Å². The molecule has 4 heteroatoms. The number of para-hydroxylation sites is 1. The quantitative estimate of drug-likeness (QED) is 0.711. The molecule has 0 saturated carbocycles. The molecule has 1 saturated heterocycles. The molecule has 0 unspecified atom stereocenters. The number of hydrogen-bond donors (Lipinski definition) is 0. The maximum atomic E-state index is 12.8. The topological polar surface area (TPSA) is 3.24 Å². The van der Waals surface area contributed by atoms with Crippen molar-refractivity contribution in [3.05, 3.63) is 36.2 Å². The van der Waals surface area contributed by atoms with Crippen LogP contribution in [0.15, 0.2) is 24.3 Å². The summed E-state index contributed by atoms with van der Waals surface area (Å²) in [4.78, 5) is 1.81. The number of alkyl halides is 3. The molecule has 16 heavy (non-hydrogen) atoms. The predicted molar refractivity (Wildman–Crippen MR) is 57.2 cm³/mol. The molecule has 1 radical (unpaired) electrons. The van der Waals surface area contributed by atoms with Crippen molar-refractivity contribution in [2.75, 3.05) is 18.0 Å². The number of nitrogens with zero attached hydrogens (tertiary/aromatic N) is 1. The van der Waals surface area contributed by atoms with Gasteiger partial charge in [0.1, 0.15) is 0 Å². The van der Waals surface area contributed by atoms with E-state index in [0.717, 1.165) is 18.9 Å². The summed E-state index contributed by atoms with van der Waals surface area (Å²) in [6.07, 6.45) is -0.442. The fraction of sp³-hybridized carbons (Fsp3) is 0.417. The van der Waals surface area contributed by atoms with Crippen molar-refractivity contribution < 1.29 is 13.2 Å². The Hall–Kier alpha value is -1.19. The minimum Gasteiger partial charge on any atom is -0.371 e. The van der Waals surface area contributed by atoms with E-state index >= 15 is 0 Å². The summed E-state index contributed by atoms with van der Waals surface area (Å²) in [5.74, 6) is 0. The molecule has 1 aromatic carbocycles. The molecule has 0 atom stereocenters. The third kappa shape index (κ3) is 2.31. The van der Waals surface area contributed by atoms with Crippen LogP contribution in [-0.2, 0) is 6.18 Å². The smallest absolute Gasteiger partial charge is 0.371 e. The molecule has 1 nitrogen and oxygen atoms in total. The number of halogens is 3. The minimum absolute atomic E-state index is 0.308. The van der Waals surface area contributed by atoms with Gasteiger partial charge >= 0.3 is 6.18 Å². The van der Waals surface area contributed by atoms with Gasteiger partial charge in [-0.1, -0.05) is 12.1 Å². The average molecular weight is 228 g/mol. The molecule has 0 spiro atoms. The fourth-order valence-electron chi connectivity index (χ4n) is 1.98. The number of piperidine rings is 1. The summed E-state index contributed by atoms with van der Waals surface area (Å²) in [5.41, 5.74) is -0.222. The average Bonchev–Trinajstić information content (AvgIpc) is 2.29. The Morgan fingerprint density at radius 3 is 2.25 bits per heavy atom. The van der Waals surface area contributed by atoms with Gasteiger partial charge in [-0.05, 0) is 31.4 Å². The highest BCUT2D eigenvalue weighted by atomic mass is 19.4. The molecule has 0 amide bonds. The van der Waals surface area contributed by atoms with E-state index in [1.54, 1.807) is 12.1 Å². The zero-order valence-electron chi connectivity index (χ0n) is 8.80. The minimum atomic E-state index is -4.27. The van der Waals surface area contributed by atoms with Gasteiger partial charge in [-0.2, -0.15) is 13.2 Å². The van der Waals surface area contributed by atoms with E-state index in [9.17, 15) is 13.2 Å². The van der Waals surface area contributed by atoms with Crippen LogP contribution in [-0.4, -0.2) is 13.1 Å². The van der Waals surface area contributed by atoms with Crippen LogP contribution in [0.4, 0.5) is 18.9 Å². The van der Waals surface area contributed by atoms with Gasteiger partial charge in [0.15, 0.2) is 0 Å². The molecular formula is C12H13F3N. The normalized spacial score (nSPS) is 17.6.